The monoisotopic (exact) mass is 358 g/mol. The molecule has 0 radical (unpaired) electrons. The molecule has 4 rings (SSSR count). The van der Waals surface area contributed by atoms with E-state index in [1.165, 1.54) is 0 Å². The van der Waals surface area contributed by atoms with Gasteiger partial charge in [0.2, 0.25) is 0 Å². The van der Waals surface area contributed by atoms with Gasteiger partial charge in [0.05, 0.1) is 28.4 Å². The minimum atomic E-state index is 0. The summed E-state index contributed by atoms with van der Waals surface area (Å²) >= 11 is 0. The van der Waals surface area contributed by atoms with Crippen LogP contribution in [0.15, 0.2) is 34.9 Å². The molecule has 0 saturated heterocycles. The number of aromatic amines is 1. The highest BCUT2D eigenvalue weighted by atomic mass is 16.5. The first-order valence-electron chi connectivity index (χ1n) is 8.42. The molecule has 27 heavy (non-hydrogen) atoms. The van der Waals surface area contributed by atoms with E-state index in [0.717, 1.165) is 56.1 Å². The molecular formula is C22H22N4O. The summed E-state index contributed by atoms with van der Waals surface area (Å²) in [4.78, 5) is 8.01. The summed E-state index contributed by atoms with van der Waals surface area (Å²) in [5.74, 6) is 1.64. The lowest BCUT2D eigenvalue weighted by Crippen LogP contribution is -1.90. The van der Waals surface area contributed by atoms with E-state index in [2.05, 4.69) is 33.3 Å². The molecular weight excluding hydrogens is 336 g/mol. The highest BCUT2D eigenvalue weighted by Gasteiger charge is 2.17. The van der Waals surface area contributed by atoms with E-state index in [1.54, 1.807) is 0 Å². The van der Waals surface area contributed by atoms with Gasteiger partial charge in [0, 0.05) is 11.1 Å². The van der Waals surface area contributed by atoms with Gasteiger partial charge < -0.3 is 9.51 Å². The first-order chi connectivity index (χ1) is 12.5. The van der Waals surface area contributed by atoms with Crippen LogP contribution in [0.1, 0.15) is 35.8 Å². The number of hydrogen-bond acceptors (Lipinski definition) is 4. The van der Waals surface area contributed by atoms with Crippen LogP contribution in [0.2, 0.25) is 0 Å². The highest BCUT2D eigenvalue weighted by Crippen LogP contribution is 2.37. The number of benzene rings is 2. The quantitative estimate of drug-likeness (QED) is 0.504. The van der Waals surface area contributed by atoms with Gasteiger partial charge in [-0.3, -0.25) is 0 Å². The first kappa shape index (κ1) is 18.4. The zero-order chi connectivity index (χ0) is 18.4. The summed E-state index contributed by atoms with van der Waals surface area (Å²) in [6.45, 7) is 7.84. The zero-order valence-corrected chi connectivity index (χ0v) is 15.1. The fraction of sp³-hybridized carbons (Fsp3) is 0.227. The molecule has 136 valence electrons. The molecule has 0 saturated carbocycles. The predicted molar refractivity (Wildman–Crippen MR) is 107 cm³/mol. The summed E-state index contributed by atoms with van der Waals surface area (Å²) < 4.78 is 5.35. The summed E-state index contributed by atoms with van der Waals surface area (Å²) in [5.41, 5.74) is 8.46. The normalized spacial score (nSPS) is 10.6. The summed E-state index contributed by atoms with van der Waals surface area (Å²) in [7, 11) is 0. The third-order valence-electron chi connectivity index (χ3n) is 4.68. The number of H-pyrrole nitrogens is 1. The Morgan fingerprint density at radius 3 is 2.48 bits per heavy atom. The van der Waals surface area contributed by atoms with E-state index in [9.17, 15) is 5.26 Å². The maximum absolute atomic E-state index is 9.30. The number of nitriles is 1. The second kappa shape index (κ2) is 6.73. The van der Waals surface area contributed by atoms with Crippen molar-refractivity contribution in [1.29, 1.82) is 5.26 Å². The Morgan fingerprint density at radius 1 is 1.04 bits per heavy atom. The Kier molecular flexibility index (Phi) is 4.59. The fourth-order valence-corrected chi connectivity index (χ4v) is 3.47. The molecule has 5 heteroatoms. The minimum Gasteiger partial charge on any atom is -0.361 e. The van der Waals surface area contributed by atoms with Crippen molar-refractivity contribution >= 4 is 11.0 Å². The molecule has 4 aromatic rings. The summed E-state index contributed by atoms with van der Waals surface area (Å²) in [6.07, 6.45) is 0. The van der Waals surface area contributed by atoms with E-state index in [1.807, 2.05) is 45.9 Å². The van der Waals surface area contributed by atoms with Crippen LogP contribution in [0.4, 0.5) is 0 Å². The molecule has 0 atom stereocenters. The number of nitrogens with zero attached hydrogens (tertiary/aromatic N) is 3. The third kappa shape index (κ3) is 3.00. The Morgan fingerprint density at radius 2 is 1.81 bits per heavy atom. The van der Waals surface area contributed by atoms with E-state index in [0.29, 0.717) is 5.56 Å². The largest absolute Gasteiger partial charge is 0.361 e. The smallest absolute Gasteiger partial charge is 0.141 e. The standard InChI is InChI=1S/C21H18N4O.CH4/c1-11-5-6-15(10-22)7-17(11)18-8-16(20-12(2)25-26-13(20)3)9-19-21(18)24-14(4)23-19;/h5-9H,1-4H3,(H,23,24);1H4. The Balaban J connectivity index is 0.00000210. The van der Waals surface area contributed by atoms with Gasteiger partial charge in [-0.2, -0.15) is 5.26 Å². The van der Waals surface area contributed by atoms with Crippen LogP contribution in [-0.4, -0.2) is 15.1 Å². The van der Waals surface area contributed by atoms with Crippen LogP contribution < -0.4 is 0 Å². The molecule has 0 unspecified atom stereocenters. The third-order valence-corrected chi connectivity index (χ3v) is 4.68. The molecule has 0 amide bonds. The molecule has 5 nitrogen and oxygen atoms in total. The van der Waals surface area contributed by atoms with Crippen molar-refractivity contribution in [3.63, 3.8) is 0 Å². The summed E-state index contributed by atoms with van der Waals surface area (Å²) in [6, 6.07) is 12.1. The van der Waals surface area contributed by atoms with Crippen LogP contribution in [-0.2, 0) is 0 Å². The highest BCUT2D eigenvalue weighted by molar-refractivity contribution is 5.97. The van der Waals surface area contributed by atoms with Gasteiger partial charge in [-0.05, 0) is 68.7 Å². The van der Waals surface area contributed by atoms with Crippen LogP contribution in [0.5, 0.6) is 0 Å². The molecule has 1 N–H and O–H groups in total. The fourth-order valence-electron chi connectivity index (χ4n) is 3.47. The second-order valence-electron chi connectivity index (χ2n) is 6.58. The molecule has 2 heterocycles. The van der Waals surface area contributed by atoms with Crippen molar-refractivity contribution in [3.05, 3.63) is 58.7 Å². The van der Waals surface area contributed by atoms with Gasteiger partial charge in [-0.1, -0.05) is 18.6 Å². The molecule has 0 aliphatic rings. The average molecular weight is 358 g/mol. The van der Waals surface area contributed by atoms with E-state index in [4.69, 9.17) is 4.52 Å². The van der Waals surface area contributed by atoms with Gasteiger partial charge in [0.15, 0.2) is 0 Å². The molecule has 0 aliphatic heterocycles. The maximum atomic E-state index is 9.30. The summed E-state index contributed by atoms with van der Waals surface area (Å²) in [5, 5.41) is 13.4. The Labute approximate surface area is 158 Å². The van der Waals surface area contributed by atoms with Crippen molar-refractivity contribution < 1.29 is 4.52 Å². The Bertz CT molecular complexity index is 1170. The number of aryl methyl sites for hydroxylation is 4. The van der Waals surface area contributed by atoms with Crippen molar-refractivity contribution in [3.8, 4) is 28.3 Å². The maximum Gasteiger partial charge on any atom is 0.141 e. The van der Waals surface area contributed by atoms with Crippen molar-refractivity contribution in [2.75, 3.05) is 0 Å². The second-order valence-corrected chi connectivity index (χ2v) is 6.58. The zero-order valence-electron chi connectivity index (χ0n) is 15.1. The minimum absolute atomic E-state index is 0. The van der Waals surface area contributed by atoms with Crippen LogP contribution in [0, 0.1) is 39.0 Å². The van der Waals surface area contributed by atoms with Gasteiger partial charge in [-0.25, -0.2) is 4.98 Å². The van der Waals surface area contributed by atoms with Crippen LogP contribution >= 0.6 is 0 Å². The Hall–Kier alpha value is -3.39. The number of fused-ring (bicyclic) bond motifs is 1. The molecule has 0 aliphatic carbocycles. The van der Waals surface area contributed by atoms with Crippen LogP contribution in [0.3, 0.4) is 0 Å². The van der Waals surface area contributed by atoms with Gasteiger partial charge in [0.1, 0.15) is 11.6 Å². The van der Waals surface area contributed by atoms with Gasteiger partial charge in [0.25, 0.3) is 0 Å². The molecule has 2 aromatic heterocycles. The number of nitrogens with one attached hydrogen (secondary N) is 1. The SMILES string of the molecule is C.Cc1nc2c(-c3cc(C#N)ccc3C)cc(-c3c(C)noc3C)cc2[nH]1. The number of rotatable bonds is 2. The van der Waals surface area contributed by atoms with Gasteiger partial charge in [-0.15, -0.1) is 0 Å². The predicted octanol–water partition coefficient (Wildman–Crippen LogP) is 5.63. The molecule has 0 fully saturated rings. The number of imidazole rings is 1. The first-order valence-corrected chi connectivity index (χ1v) is 8.42. The van der Waals surface area contributed by atoms with Crippen LogP contribution in [0.25, 0.3) is 33.3 Å². The lowest BCUT2D eigenvalue weighted by Gasteiger charge is -2.10. The van der Waals surface area contributed by atoms with Gasteiger partial charge >= 0.3 is 0 Å². The van der Waals surface area contributed by atoms with Crippen molar-refractivity contribution in [2.45, 2.75) is 35.1 Å². The van der Waals surface area contributed by atoms with Crippen molar-refractivity contribution in [2.24, 2.45) is 0 Å². The molecule has 2 aromatic carbocycles. The lowest BCUT2D eigenvalue weighted by molar-refractivity contribution is 0.393. The topological polar surface area (TPSA) is 78.5 Å². The van der Waals surface area contributed by atoms with Crippen molar-refractivity contribution in [1.82, 2.24) is 15.1 Å². The number of aromatic nitrogens is 3. The molecule has 0 spiro atoms. The van der Waals surface area contributed by atoms with E-state index >= 15 is 0 Å². The van der Waals surface area contributed by atoms with E-state index < -0.39 is 0 Å². The average Bonchev–Trinajstić information content (AvgIpc) is 3.15. The number of hydrogen-bond donors (Lipinski definition) is 1. The van der Waals surface area contributed by atoms with E-state index in [-0.39, 0.29) is 7.43 Å². The lowest BCUT2D eigenvalue weighted by atomic mass is 9.93. The molecule has 0 bridgehead atoms.